The van der Waals surface area contributed by atoms with Gasteiger partial charge in [-0.05, 0) is 13.5 Å². The maximum absolute atomic E-state index is 10.8. The lowest BCUT2D eigenvalue weighted by atomic mass is 10.0. The third kappa shape index (κ3) is 4.07. The van der Waals surface area contributed by atoms with E-state index in [2.05, 4.69) is 4.90 Å². The fraction of sp³-hybridized carbons (Fsp3) is 0.900. The van der Waals surface area contributed by atoms with E-state index >= 15 is 0 Å². The summed E-state index contributed by atoms with van der Waals surface area (Å²) in [5, 5.41) is 8.86. The lowest BCUT2D eigenvalue weighted by molar-refractivity contribution is -0.143. The Morgan fingerprint density at radius 3 is 2.43 bits per heavy atom. The van der Waals surface area contributed by atoms with Gasteiger partial charge in [-0.15, -0.1) is 0 Å². The minimum absolute atomic E-state index is 0.0487. The van der Waals surface area contributed by atoms with Crippen LogP contribution in [0.2, 0.25) is 0 Å². The number of carbonyl (C=O) groups is 1. The number of carboxylic acids is 1. The molecule has 4 nitrogen and oxygen atoms in total. The van der Waals surface area contributed by atoms with Gasteiger partial charge < -0.3 is 9.84 Å². The van der Waals surface area contributed by atoms with E-state index in [0.717, 1.165) is 13.1 Å². The number of methoxy groups -OCH3 is 1. The second kappa shape index (κ2) is 6.79. The van der Waals surface area contributed by atoms with Crippen LogP contribution in [-0.4, -0.2) is 48.8 Å². The molecule has 0 bridgehead atoms. The first-order chi connectivity index (χ1) is 6.54. The molecule has 0 spiro atoms. The van der Waals surface area contributed by atoms with E-state index in [1.54, 1.807) is 14.0 Å². The molecule has 0 aromatic rings. The number of nitrogens with zero attached hydrogens (tertiary/aromatic N) is 1. The molecule has 0 aliphatic heterocycles. The van der Waals surface area contributed by atoms with Crippen LogP contribution >= 0.6 is 0 Å². The van der Waals surface area contributed by atoms with Gasteiger partial charge in [0.2, 0.25) is 0 Å². The van der Waals surface area contributed by atoms with Crippen molar-refractivity contribution in [2.45, 2.75) is 26.8 Å². The number of hydrogen-bond donors (Lipinski definition) is 1. The molecular formula is C10H21NO3. The summed E-state index contributed by atoms with van der Waals surface area (Å²) in [6.45, 7) is 7.99. The van der Waals surface area contributed by atoms with Crippen molar-refractivity contribution in [2.24, 2.45) is 5.92 Å². The number of aliphatic carboxylic acids is 1. The minimum Gasteiger partial charge on any atom is -0.481 e. The minimum atomic E-state index is -0.742. The van der Waals surface area contributed by atoms with Crippen LogP contribution in [0.5, 0.6) is 0 Å². The Bertz CT molecular complexity index is 173. The van der Waals surface area contributed by atoms with Gasteiger partial charge in [0.25, 0.3) is 0 Å². The molecule has 84 valence electrons. The highest BCUT2D eigenvalue weighted by Gasteiger charge is 2.23. The average molecular weight is 203 g/mol. The highest BCUT2D eigenvalue weighted by molar-refractivity contribution is 5.70. The first kappa shape index (κ1) is 13.4. The topological polar surface area (TPSA) is 49.8 Å². The van der Waals surface area contributed by atoms with Gasteiger partial charge in [-0.25, -0.2) is 0 Å². The molecule has 0 aromatic heterocycles. The SMILES string of the molecule is CCN(CCOC)C(C)C(C)C(=O)O. The summed E-state index contributed by atoms with van der Waals surface area (Å²) in [7, 11) is 1.65. The molecule has 0 radical (unpaired) electrons. The maximum atomic E-state index is 10.8. The first-order valence-corrected chi connectivity index (χ1v) is 5.00. The van der Waals surface area contributed by atoms with Crippen LogP contribution in [0.3, 0.4) is 0 Å². The van der Waals surface area contributed by atoms with Gasteiger partial charge in [-0.1, -0.05) is 13.8 Å². The normalized spacial score (nSPS) is 15.5. The number of hydrogen-bond acceptors (Lipinski definition) is 3. The fourth-order valence-corrected chi connectivity index (χ4v) is 1.38. The van der Waals surface area contributed by atoms with Gasteiger partial charge in [0.05, 0.1) is 12.5 Å². The number of carboxylic acid groups (broad SMARTS) is 1. The molecule has 0 fully saturated rings. The monoisotopic (exact) mass is 203 g/mol. The molecule has 2 atom stereocenters. The zero-order valence-corrected chi connectivity index (χ0v) is 9.49. The molecule has 14 heavy (non-hydrogen) atoms. The van der Waals surface area contributed by atoms with Gasteiger partial charge in [0, 0.05) is 19.7 Å². The molecule has 0 rings (SSSR count). The Balaban J connectivity index is 4.14. The van der Waals surface area contributed by atoms with Crippen molar-refractivity contribution in [2.75, 3.05) is 26.8 Å². The molecule has 0 aliphatic rings. The van der Waals surface area contributed by atoms with Crippen LogP contribution in [0.4, 0.5) is 0 Å². The molecule has 2 unspecified atom stereocenters. The number of likely N-dealkylation sites (N-methyl/N-ethyl adjacent to an activating group) is 1. The number of rotatable bonds is 7. The van der Waals surface area contributed by atoms with Gasteiger partial charge >= 0.3 is 5.97 Å². The second-order valence-corrected chi connectivity index (χ2v) is 3.49. The predicted molar refractivity (Wildman–Crippen MR) is 55.4 cm³/mol. The smallest absolute Gasteiger partial charge is 0.307 e. The quantitative estimate of drug-likeness (QED) is 0.672. The van der Waals surface area contributed by atoms with Crippen molar-refractivity contribution in [1.82, 2.24) is 4.90 Å². The first-order valence-electron chi connectivity index (χ1n) is 5.00. The van der Waals surface area contributed by atoms with Gasteiger partial charge in [0.1, 0.15) is 0 Å². The summed E-state index contributed by atoms with van der Waals surface area (Å²) in [4.78, 5) is 12.9. The molecule has 0 aromatic carbocycles. The van der Waals surface area contributed by atoms with Gasteiger partial charge in [-0.3, -0.25) is 9.69 Å². The van der Waals surface area contributed by atoms with Gasteiger partial charge in [0.15, 0.2) is 0 Å². The fourth-order valence-electron chi connectivity index (χ4n) is 1.38. The van der Waals surface area contributed by atoms with Crippen LogP contribution in [0.25, 0.3) is 0 Å². The lowest BCUT2D eigenvalue weighted by Crippen LogP contribution is -2.42. The molecule has 0 aliphatic carbocycles. The summed E-state index contributed by atoms with van der Waals surface area (Å²) in [5.41, 5.74) is 0. The maximum Gasteiger partial charge on any atom is 0.307 e. The summed E-state index contributed by atoms with van der Waals surface area (Å²) in [6.07, 6.45) is 0. The molecule has 4 heteroatoms. The summed E-state index contributed by atoms with van der Waals surface area (Å²) in [5.74, 6) is -1.08. The average Bonchev–Trinajstić information content (AvgIpc) is 2.17. The Morgan fingerprint density at radius 2 is 2.07 bits per heavy atom. The summed E-state index contributed by atoms with van der Waals surface area (Å²) in [6, 6.07) is 0.0487. The van der Waals surface area contributed by atoms with E-state index in [1.165, 1.54) is 0 Å². The van der Waals surface area contributed by atoms with Crippen LogP contribution in [0, 0.1) is 5.92 Å². The van der Waals surface area contributed by atoms with Crippen molar-refractivity contribution < 1.29 is 14.6 Å². The highest BCUT2D eigenvalue weighted by atomic mass is 16.5. The van der Waals surface area contributed by atoms with E-state index in [9.17, 15) is 4.79 Å². The molecule has 0 heterocycles. The van der Waals surface area contributed by atoms with Crippen molar-refractivity contribution >= 4 is 5.97 Å². The Morgan fingerprint density at radius 1 is 1.50 bits per heavy atom. The Kier molecular flexibility index (Phi) is 6.49. The number of ether oxygens (including phenoxy) is 1. The van der Waals surface area contributed by atoms with E-state index in [0.29, 0.717) is 6.61 Å². The molecule has 1 N–H and O–H groups in total. The molecular weight excluding hydrogens is 182 g/mol. The standard InChI is InChI=1S/C10H21NO3/c1-5-11(6-7-14-4)9(3)8(2)10(12)13/h8-9H,5-7H2,1-4H3,(H,12,13). The predicted octanol–water partition coefficient (Wildman–Crippen LogP) is 1.06. The summed E-state index contributed by atoms with van der Waals surface area (Å²) < 4.78 is 4.98. The van der Waals surface area contributed by atoms with Crippen LogP contribution in [-0.2, 0) is 9.53 Å². The summed E-state index contributed by atoms with van der Waals surface area (Å²) >= 11 is 0. The van der Waals surface area contributed by atoms with Crippen molar-refractivity contribution in [3.8, 4) is 0 Å². The van der Waals surface area contributed by atoms with E-state index in [4.69, 9.17) is 9.84 Å². The van der Waals surface area contributed by atoms with E-state index < -0.39 is 5.97 Å². The van der Waals surface area contributed by atoms with Crippen molar-refractivity contribution in [1.29, 1.82) is 0 Å². The Hall–Kier alpha value is -0.610. The van der Waals surface area contributed by atoms with Crippen LogP contribution < -0.4 is 0 Å². The second-order valence-electron chi connectivity index (χ2n) is 3.49. The van der Waals surface area contributed by atoms with Crippen molar-refractivity contribution in [3.05, 3.63) is 0 Å². The highest BCUT2D eigenvalue weighted by Crippen LogP contribution is 2.10. The molecule has 0 amide bonds. The molecule has 0 saturated heterocycles. The third-order valence-corrected chi connectivity index (χ3v) is 2.68. The zero-order valence-electron chi connectivity index (χ0n) is 9.49. The van der Waals surface area contributed by atoms with Crippen molar-refractivity contribution in [3.63, 3.8) is 0 Å². The Labute approximate surface area is 85.9 Å². The molecule has 0 saturated carbocycles. The van der Waals surface area contributed by atoms with Crippen LogP contribution in [0.1, 0.15) is 20.8 Å². The lowest BCUT2D eigenvalue weighted by Gasteiger charge is -2.30. The third-order valence-electron chi connectivity index (χ3n) is 2.68. The van der Waals surface area contributed by atoms with Gasteiger partial charge in [-0.2, -0.15) is 0 Å². The zero-order chi connectivity index (χ0) is 11.1. The van der Waals surface area contributed by atoms with Crippen LogP contribution in [0.15, 0.2) is 0 Å². The largest absolute Gasteiger partial charge is 0.481 e. The van der Waals surface area contributed by atoms with E-state index in [1.807, 2.05) is 13.8 Å². The van der Waals surface area contributed by atoms with E-state index in [-0.39, 0.29) is 12.0 Å².